The molecule has 0 spiro atoms. The standard InChI is InChI=1S/C14H10ClFN2O3/c15-11-7-8(13(19)20)1-6-12(11)18-14(21)17-10-4-2-9(16)3-5-10/h1-7H,(H,19,20)(H2,17,18,21). The molecule has 3 N–H and O–H groups in total. The van der Waals surface area contributed by atoms with Crippen molar-refractivity contribution in [2.24, 2.45) is 0 Å². The van der Waals surface area contributed by atoms with Gasteiger partial charge in [0.05, 0.1) is 16.3 Å². The topological polar surface area (TPSA) is 78.4 Å². The van der Waals surface area contributed by atoms with Crippen molar-refractivity contribution in [2.45, 2.75) is 0 Å². The first kappa shape index (κ1) is 14.8. The molecule has 0 fully saturated rings. The number of urea groups is 1. The summed E-state index contributed by atoms with van der Waals surface area (Å²) in [6.07, 6.45) is 0. The molecular formula is C14H10ClFN2O3. The third-order valence-electron chi connectivity index (χ3n) is 2.57. The fourth-order valence-electron chi connectivity index (χ4n) is 1.57. The third kappa shape index (κ3) is 3.93. The van der Waals surface area contributed by atoms with E-state index in [2.05, 4.69) is 10.6 Å². The van der Waals surface area contributed by atoms with Crippen molar-refractivity contribution in [3.63, 3.8) is 0 Å². The molecule has 2 aromatic rings. The second-order valence-electron chi connectivity index (χ2n) is 4.09. The number of carboxylic acids is 1. The number of carbonyl (C=O) groups is 2. The molecule has 0 aliphatic rings. The van der Waals surface area contributed by atoms with Crippen molar-refractivity contribution in [1.82, 2.24) is 0 Å². The molecule has 0 saturated carbocycles. The number of anilines is 2. The van der Waals surface area contributed by atoms with Crippen LogP contribution < -0.4 is 10.6 Å². The number of hydrogen-bond donors (Lipinski definition) is 3. The first-order chi connectivity index (χ1) is 9.95. The van der Waals surface area contributed by atoms with Crippen molar-refractivity contribution in [3.8, 4) is 0 Å². The van der Waals surface area contributed by atoms with Crippen molar-refractivity contribution >= 4 is 35.0 Å². The highest BCUT2D eigenvalue weighted by atomic mass is 35.5. The fourth-order valence-corrected chi connectivity index (χ4v) is 1.80. The highest BCUT2D eigenvalue weighted by Crippen LogP contribution is 2.23. The van der Waals surface area contributed by atoms with Crippen LogP contribution in [-0.2, 0) is 0 Å². The summed E-state index contributed by atoms with van der Waals surface area (Å²) in [6, 6.07) is 8.60. The van der Waals surface area contributed by atoms with Crippen molar-refractivity contribution in [1.29, 1.82) is 0 Å². The highest BCUT2D eigenvalue weighted by molar-refractivity contribution is 6.34. The van der Waals surface area contributed by atoms with Crippen LogP contribution in [0, 0.1) is 5.82 Å². The van der Waals surface area contributed by atoms with E-state index in [4.69, 9.17) is 16.7 Å². The third-order valence-corrected chi connectivity index (χ3v) is 2.88. The van der Waals surface area contributed by atoms with E-state index in [0.29, 0.717) is 5.69 Å². The molecule has 0 bridgehead atoms. The number of amides is 2. The molecule has 7 heteroatoms. The number of nitrogens with one attached hydrogen (secondary N) is 2. The van der Waals surface area contributed by atoms with E-state index in [0.717, 1.165) is 0 Å². The SMILES string of the molecule is O=C(Nc1ccc(F)cc1)Nc1ccc(C(=O)O)cc1Cl. The first-order valence-corrected chi connectivity index (χ1v) is 6.20. The van der Waals surface area contributed by atoms with E-state index in [-0.39, 0.29) is 16.3 Å². The van der Waals surface area contributed by atoms with Gasteiger partial charge in [-0.3, -0.25) is 0 Å². The molecule has 0 heterocycles. The average molecular weight is 309 g/mol. The van der Waals surface area contributed by atoms with Crippen LogP contribution >= 0.6 is 11.6 Å². The monoisotopic (exact) mass is 308 g/mol. The maximum Gasteiger partial charge on any atom is 0.335 e. The van der Waals surface area contributed by atoms with Crippen LogP contribution in [0.1, 0.15) is 10.4 Å². The molecule has 108 valence electrons. The number of benzene rings is 2. The van der Waals surface area contributed by atoms with E-state index in [9.17, 15) is 14.0 Å². The maximum absolute atomic E-state index is 12.7. The Balaban J connectivity index is 2.06. The second kappa shape index (κ2) is 6.23. The van der Waals surface area contributed by atoms with Crippen molar-refractivity contribution in [3.05, 3.63) is 58.9 Å². The van der Waals surface area contributed by atoms with Gasteiger partial charge >= 0.3 is 12.0 Å². The predicted molar refractivity (Wildman–Crippen MR) is 77.5 cm³/mol. The van der Waals surface area contributed by atoms with Gasteiger partial charge in [-0.2, -0.15) is 0 Å². The van der Waals surface area contributed by atoms with Crippen LogP contribution in [-0.4, -0.2) is 17.1 Å². The van der Waals surface area contributed by atoms with Gasteiger partial charge < -0.3 is 15.7 Å². The maximum atomic E-state index is 12.7. The van der Waals surface area contributed by atoms with E-state index in [1.54, 1.807) is 0 Å². The lowest BCUT2D eigenvalue weighted by Crippen LogP contribution is -2.19. The smallest absolute Gasteiger partial charge is 0.335 e. The Morgan fingerprint density at radius 2 is 1.71 bits per heavy atom. The van der Waals surface area contributed by atoms with Crippen molar-refractivity contribution in [2.75, 3.05) is 10.6 Å². The molecular weight excluding hydrogens is 299 g/mol. The Kier molecular flexibility index (Phi) is 4.39. The predicted octanol–water partition coefficient (Wildman–Crippen LogP) is 3.82. The molecule has 0 aromatic heterocycles. The van der Waals surface area contributed by atoms with Crippen LogP contribution in [0.3, 0.4) is 0 Å². The molecule has 2 amide bonds. The summed E-state index contributed by atoms with van der Waals surface area (Å²) in [6.45, 7) is 0. The van der Waals surface area contributed by atoms with Crippen LogP contribution in [0.15, 0.2) is 42.5 Å². The van der Waals surface area contributed by atoms with Crippen LogP contribution in [0.4, 0.5) is 20.6 Å². The van der Waals surface area contributed by atoms with Gasteiger partial charge in [0.15, 0.2) is 0 Å². The lowest BCUT2D eigenvalue weighted by atomic mass is 10.2. The van der Waals surface area contributed by atoms with Gasteiger partial charge in [0.1, 0.15) is 5.82 Å². The first-order valence-electron chi connectivity index (χ1n) is 5.82. The minimum Gasteiger partial charge on any atom is -0.478 e. The summed E-state index contributed by atoms with van der Waals surface area (Å²) in [5.74, 6) is -1.52. The zero-order valence-corrected chi connectivity index (χ0v) is 11.3. The minimum absolute atomic E-state index is 0.0180. The second-order valence-corrected chi connectivity index (χ2v) is 4.49. The Morgan fingerprint density at radius 1 is 1.05 bits per heavy atom. The van der Waals surface area contributed by atoms with Gasteiger partial charge in [-0.1, -0.05) is 11.6 Å². The van der Waals surface area contributed by atoms with Gasteiger partial charge in [0.2, 0.25) is 0 Å². The molecule has 21 heavy (non-hydrogen) atoms. The zero-order chi connectivity index (χ0) is 15.4. The van der Waals surface area contributed by atoms with Crippen molar-refractivity contribution < 1.29 is 19.1 Å². The van der Waals surface area contributed by atoms with Crippen LogP contribution in [0.5, 0.6) is 0 Å². The number of carboxylic acid groups (broad SMARTS) is 1. The summed E-state index contributed by atoms with van der Waals surface area (Å²) in [7, 11) is 0. The van der Waals surface area contributed by atoms with E-state index >= 15 is 0 Å². The average Bonchev–Trinajstić information content (AvgIpc) is 2.43. The molecule has 0 saturated heterocycles. The summed E-state index contributed by atoms with van der Waals surface area (Å²) < 4.78 is 12.7. The molecule has 0 radical (unpaired) electrons. The zero-order valence-electron chi connectivity index (χ0n) is 10.6. The molecule has 0 aliphatic heterocycles. The Hall–Kier alpha value is -2.60. The number of rotatable bonds is 3. The number of halogens is 2. The number of carbonyl (C=O) groups excluding carboxylic acids is 1. The van der Waals surface area contributed by atoms with Gasteiger partial charge in [-0.15, -0.1) is 0 Å². The summed E-state index contributed by atoms with van der Waals surface area (Å²) in [5, 5.41) is 13.9. The Bertz CT molecular complexity index is 689. The van der Waals surface area contributed by atoms with Crippen LogP contribution in [0.25, 0.3) is 0 Å². The number of aromatic carboxylic acids is 1. The summed E-state index contributed by atoms with van der Waals surface area (Å²) >= 11 is 5.89. The van der Waals surface area contributed by atoms with E-state index in [1.807, 2.05) is 0 Å². The summed E-state index contributed by atoms with van der Waals surface area (Å²) in [5.41, 5.74) is 0.693. The largest absolute Gasteiger partial charge is 0.478 e. The quantitative estimate of drug-likeness (QED) is 0.806. The normalized spacial score (nSPS) is 10.0. The molecule has 0 atom stereocenters. The molecule has 0 aliphatic carbocycles. The Labute approximate surface area is 124 Å². The number of hydrogen-bond acceptors (Lipinski definition) is 2. The minimum atomic E-state index is -1.11. The highest BCUT2D eigenvalue weighted by Gasteiger charge is 2.09. The lowest BCUT2D eigenvalue weighted by molar-refractivity contribution is 0.0697. The molecule has 2 aromatic carbocycles. The van der Waals surface area contributed by atoms with Gasteiger partial charge in [-0.05, 0) is 42.5 Å². The van der Waals surface area contributed by atoms with Crippen LogP contribution in [0.2, 0.25) is 5.02 Å². The summed E-state index contributed by atoms with van der Waals surface area (Å²) in [4.78, 5) is 22.5. The molecule has 5 nitrogen and oxygen atoms in total. The van der Waals surface area contributed by atoms with E-state index in [1.165, 1.54) is 42.5 Å². The molecule has 0 unspecified atom stereocenters. The Morgan fingerprint density at radius 3 is 2.29 bits per heavy atom. The fraction of sp³-hybridized carbons (Fsp3) is 0. The molecule has 2 rings (SSSR count). The lowest BCUT2D eigenvalue weighted by Gasteiger charge is -2.09. The van der Waals surface area contributed by atoms with E-state index < -0.39 is 17.8 Å². The van der Waals surface area contributed by atoms with Gasteiger partial charge in [0.25, 0.3) is 0 Å². The van der Waals surface area contributed by atoms with Gasteiger partial charge in [-0.25, -0.2) is 14.0 Å². The van der Waals surface area contributed by atoms with Gasteiger partial charge in [0, 0.05) is 5.69 Å².